The van der Waals surface area contributed by atoms with Crippen molar-refractivity contribution >= 4 is 15.9 Å². The molecule has 0 aliphatic carbocycles. The largest absolute Gasteiger partial charge is 0.493 e. The maximum Gasteiger partial charge on any atom is 0.253 e. The second-order valence-electron chi connectivity index (χ2n) is 8.50. The van der Waals surface area contributed by atoms with Crippen molar-refractivity contribution in [3.8, 4) is 11.5 Å². The van der Waals surface area contributed by atoms with E-state index in [9.17, 15) is 13.2 Å². The predicted octanol–water partition coefficient (Wildman–Crippen LogP) is 3.97. The number of carbonyl (C=O) groups is 1. The first kappa shape index (κ1) is 25.1. The molecular formula is C25H34N2O5S. The van der Waals surface area contributed by atoms with Crippen molar-refractivity contribution in [2.24, 2.45) is 0 Å². The fraction of sp³-hybridized carbons (Fsp3) is 0.480. The van der Waals surface area contributed by atoms with Gasteiger partial charge in [0.25, 0.3) is 5.91 Å². The minimum absolute atomic E-state index is 0.00172. The van der Waals surface area contributed by atoms with Gasteiger partial charge in [-0.2, -0.15) is 4.31 Å². The summed E-state index contributed by atoms with van der Waals surface area (Å²) >= 11 is 0. The van der Waals surface area contributed by atoms with Gasteiger partial charge in [-0.15, -0.1) is 0 Å². The van der Waals surface area contributed by atoms with E-state index >= 15 is 0 Å². The summed E-state index contributed by atoms with van der Waals surface area (Å²) in [5.74, 6) is 1.25. The number of benzene rings is 2. The van der Waals surface area contributed by atoms with Crippen LogP contribution in [0.3, 0.4) is 0 Å². The summed E-state index contributed by atoms with van der Waals surface area (Å²) < 4.78 is 38.2. The normalized spacial score (nSPS) is 16.9. The molecule has 0 radical (unpaired) electrons. The highest BCUT2D eigenvalue weighted by atomic mass is 32.2. The first-order valence-electron chi connectivity index (χ1n) is 11.4. The number of amides is 1. The maximum absolute atomic E-state index is 13.0. The highest BCUT2D eigenvalue weighted by Crippen LogP contribution is 2.28. The average Bonchev–Trinajstić information content (AvgIpc) is 2.83. The number of hydrogen-bond donors (Lipinski definition) is 0. The van der Waals surface area contributed by atoms with Gasteiger partial charge in [-0.1, -0.05) is 12.5 Å². The monoisotopic (exact) mass is 474 g/mol. The number of piperidine rings is 1. The third-order valence-electron chi connectivity index (χ3n) is 6.20. The second kappa shape index (κ2) is 11.0. The van der Waals surface area contributed by atoms with E-state index in [2.05, 4.69) is 0 Å². The van der Waals surface area contributed by atoms with Crippen molar-refractivity contribution in [2.45, 2.75) is 50.0 Å². The third kappa shape index (κ3) is 5.86. The van der Waals surface area contributed by atoms with Crippen LogP contribution in [0.4, 0.5) is 0 Å². The van der Waals surface area contributed by atoms with Gasteiger partial charge in [-0.3, -0.25) is 4.79 Å². The molecule has 1 aliphatic rings. The van der Waals surface area contributed by atoms with Gasteiger partial charge in [0.1, 0.15) is 0 Å². The standard InChI is InChI=1S/C25H34N2O5S/c1-19-8-5-6-17-27(19)33(29,30)22-13-11-21(12-14-22)25(28)26(2)16-7-9-20-10-15-23(31-3)24(18-20)32-4/h10-15,18-19H,5-9,16-17H2,1-4H3. The Morgan fingerprint density at radius 3 is 2.39 bits per heavy atom. The van der Waals surface area contributed by atoms with E-state index < -0.39 is 10.0 Å². The number of carbonyl (C=O) groups excluding carboxylic acids is 1. The van der Waals surface area contributed by atoms with E-state index in [1.54, 1.807) is 54.7 Å². The first-order chi connectivity index (χ1) is 15.8. The Balaban J connectivity index is 1.58. The molecule has 2 aromatic carbocycles. The van der Waals surface area contributed by atoms with E-state index in [-0.39, 0.29) is 16.8 Å². The number of methoxy groups -OCH3 is 2. The molecule has 8 heteroatoms. The van der Waals surface area contributed by atoms with E-state index in [0.717, 1.165) is 37.7 Å². The highest BCUT2D eigenvalue weighted by molar-refractivity contribution is 7.89. The summed E-state index contributed by atoms with van der Waals surface area (Å²) in [5.41, 5.74) is 1.59. The van der Waals surface area contributed by atoms with Crippen LogP contribution >= 0.6 is 0 Å². The molecule has 3 rings (SSSR count). The van der Waals surface area contributed by atoms with E-state index in [0.29, 0.717) is 30.2 Å². The molecule has 1 aliphatic heterocycles. The summed E-state index contributed by atoms with van der Waals surface area (Å²) in [4.78, 5) is 14.7. The van der Waals surface area contributed by atoms with Crippen LogP contribution in [-0.4, -0.2) is 63.9 Å². The number of aryl methyl sites for hydroxylation is 1. The molecule has 0 N–H and O–H groups in total. The van der Waals surface area contributed by atoms with Gasteiger partial charge in [0.05, 0.1) is 19.1 Å². The van der Waals surface area contributed by atoms with Crippen LogP contribution < -0.4 is 9.47 Å². The molecule has 1 heterocycles. The number of hydrogen-bond acceptors (Lipinski definition) is 5. The van der Waals surface area contributed by atoms with Gasteiger partial charge in [-0.25, -0.2) is 8.42 Å². The number of rotatable bonds is 9. The van der Waals surface area contributed by atoms with Gasteiger partial charge < -0.3 is 14.4 Å². The minimum Gasteiger partial charge on any atom is -0.493 e. The Hall–Kier alpha value is -2.58. The van der Waals surface area contributed by atoms with Crippen molar-refractivity contribution in [2.75, 3.05) is 34.4 Å². The topological polar surface area (TPSA) is 76.2 Å². The highest BCUT2D eigenvalue weighted by Gasteiger charge is 2.31. The molecule has 7 nitrogen and oxygen atoms in total. The van der Waals surface area contributed by atoms with Gasteiger partial charge >= 0.3 is 0 Å². The molecule has 1 atom stereocenters. The average molecular weight is 475 g/mol. The Morgan fingerprint density at radius 1 is 1.06 bits per heavy atom. The molecule has 0 aromatic heterocycles. The fourth-order valence-electron chi connectivity index (χ4n) is 4.21. The lowest BCUT2D eigenvalue weighted by Crippen LogP contribution is -2.41. The smallest absolute Gasteiger partial charge is 0.253 e. The fourth-order valence-corrected chi connectivity index (χ4v) is 5.91. The van der Waals surface area contributed by atoms with Crippen LogP contribution in [0.5, 0.6) is 11.5 Å². The minimum atomic E-state index is -3.54. The van der Waals surface area contributed by atoms with Crippen LogP contribution in [0.1, 0.15) is 48.5 Å². The Bertz CT molecular complexity index is 1050. The van der Waals surface area contributed by atoms with Gasteiger partial charge in [0.2, 0.25) is 10.0 Å². The molecule has 0 saturated carbocycles. The summed E-state index contributed by atoms with van der Waals surface area (Å²) in [6.07, 6.45) is 4.40. The quantitative estimate of drug-likeness (QED) is 0.550. The molecule has 180 valence electrons. The zero-order valence-electron chi connectivity index (χ0n) is 19.9. The lowest BCUT2D eigenvalue weighted by atomic mass is 10.1. The molecule has 1 saturated heterocycles. The van der Waals surface area contributed by atoms with Crippen LogP contribution in [-0.2, 0) is 16.4 Å². The van der Waals surface area contributed by atoms with E-state index in [1.165, 1.54) is 0 Å². The second-order valence-corrected chi connectivity index (χ2v) is 10.4. The Morgan fingerprint density at radius 2 is 1.76 bits per heavy atom. The molecule has 1 unspecified atom stereocenters. The molecule has 1 fully saturated rings. The molecule has 0 bridgehead atoms. The molecule has 1 amide bonds. The predicted molar refractivity (Wildman–Crippen MR) is 128 cm³/mol. The summed E-state index contributed by atoms with van der Waals surface area (Å²) in [5, 5.41) is 0. The molecule has 33 heavy (non-hydrogen) atoms. The molecule has 2 aromatic rings. The van der Waals surface area contributed by atoms with Gasteiger partial charge in [0.15, 0.2) is 11.5 Å². The van der Waals surface area contributed by atoms with Crippen molar-refractivity contribution < 1.29 is 22.7 Å². The summed E-state index contributed by atoms with van der Waals surface area (Å²) in [7, 11) is 1.43. The van der Waals surface area contributed by atoms with E-state index in [4.69, 9.17) is 9.47 Å². The number of sulfonamides is 1. The molecular weight excluding hydrogens is 440 g/mol. The summed E-state index contributed by atoms with van der Waals surface area (Å²) in [6.45, 7) is 3.08. The third-order valence-corrected chi connectivity index (χ3v) is 8.23. The Labute approximate surface area is 197 Å². The van der Waals surface area contributed by atoms with E-state index in [1.807, 2.05) is 25.1 Å². The van der Waals surface area contributed by atoms with Crippen LogP contribution in [0.2, 0.25) is 0 Å². The number of ether oxygens (including phenoxy) is 2. The van der Waals surface area contributed by atoms with Crippen molar-refractivity contribution in [1.82, 2.24) is 9.21 Å². The Kier molecular flexibility index (Phi) is 8.37. The van der Waals surface area contributed by atoms with Crippen LogP contribution in [0, 0.1) is 0 Å². The lowest BCUT2D eigenvalue weighted by Gasteiger charge is -2.32. The first-order valence-corrected chi connectivity index (χ1v) is 12.8. The van der Waals surface area contributed by atoms with Crippen molar-refractivity contribution in [3.05, 3.63) is 53.6 Å². The summed E-state index contributed by atoms with van der Waals surface area (Å²) in [6, 6.07) is 12.1. The van der Waals surface area contributed by atoms with Crippen LogP contribution in [0.25, 0.3) is 0 Å². The van der Waals surface area contributed by atoms with Gasteiger partial charge in [-0.05, 0) is 74.6 Å². The van der Waals surface area contributed by atoms with Crippen molar-refractivity contribution in [1.29, 1.82) is 0 Å². The zero-order chi connectivity index (χ0) is 24.0. The zero-order valence-corrected chi connectivity index (χ0v) is 20.7. The van der Waals surface area contributed by atoms with Crippen molar-refractivity contribution in [3.63, 3.8) is 0 Å². The lowest BCUT2D eigenvalue weighted by molar-refractivity contribution is 0.0793. The molecule has 0 spiro atoms. The maximum atomic E-state index is 13.0. The number of nitrogens with zero attached hydrogens (tertiary/aromatic N) is 2. The SMILES string of the molecule is COc1ccc(CCCN(C)C(=O)c2ccc(S(=O)(=O)N3CCCCC3C)cc2)cc1OC. The van der Waals surface area contributed by atoms with Crippen LogP contribution in [0.15, 0.2) is 47.4 Å². The van der Waals surface area contributed by atoms with Gasteiger partial charge in [0, 0.05) is 31.7 Å².